The number of benzene rings is 1. The molecular formula is C34H46ClN7O3. The lowest BCUT2D eigenvalue weighted by atomic mass is 9.81. The summed E-state index contributed by atoms with van der Waals surface area (Å²) in [7, 11) is 0. The van der Waals surface area contributed by atoms with E-state index in [0.717, 1.165) is 103 Å². The van der Waals surface area contributed by atoms with Gasteiger partial charge in [0.1, 0.15) is 5.60 Å². The van der Waals surface area contributed by atoms with Gasteiger partial charge in [0.05, 0.1) is 42.6 Å². The molecule has 45 heavy (non-hydrogen) atoms. The Balaban J connectivity index is 1.22. The van der Waals surface area contributed by atoms with E-state index in [4.69, 9.17) is 26.2 Å². The van der Waals surface area contributed by atoms with Crippen LogP contribution in [0.25, 0.3) is 22.0 Å². The fourth-order valence-electron chi connectivity index (χ4n) is 8.28. The summed E-state index contributed by atoms with van der Waals surface area (Å²) in [6.07, 6.45) is 7.17. The van der Waals surface area contributed by atoms with E-state index < -0.39 is 0 Å². The number of carbonyl (C=O) groups is 1. The van der Waals surface area contributed by atoms with Gasteiger partial charge in [-0.05, 0) is 77.0 Å². The summed E-state index contributed by atoms with van der Waals surface area (Å²) in [4.78, 5) is 19.3. The molecule has 0 aliphatic carbocycles. The van der Waals surface area contributed by atoms with Gasteiger partial charge in [0, 0.05) is 67.0 Å². The molecule has 0 saturated carbocycles. The smallest absolute Gasteiger partial charge is 0.245 e. The molecule has 10 nitrogen and oxygen atoms in total. The molecule has 0 radical (unpaired) electrons. The number of aryl methyl sites for hydroxylation is 1. The van der Waals surface area contributed by atoms with E-state index in [2.05, 4.69) is 65.0 Å². The summed E-state index contributed by atoms with van der Waals surface area (Å²) >= 11 is 7.18. The van der Waals surface area contributed by atoms with Crippen LogP contribution < -0.4 is 4.90 Å². The molecule has 7 rings (SSSR count). The van der Waals surface area contributed by atoms with Gasteiger partial charge < -0.3 is 19.3 Å². The zero-order chi connectivity index (χ0) is 31.5. The summed E-state index contributed by atoms with van der Waals surface area (Å²) in [6.45, 7) is 20.2. The lowest BCUT2D eigenvalue weighted by molar-refractivity contribution is -0.238. The average Bonchev–Trinajstić information content (AvgIpc) is 3.60. The van der Waals surface area contributed by atoms with Gasteiger partial charge in [-0.25, -0.2) is 0 Å². The molecule has 1 spiro atoms. The highest BCUT2D eigenvalue weighted by Crippen LogP contribution is 2.47. The van der Waals surface area contributed by atoms with Crippen molar-refractivity contribution in [2.45, 2.75) is 70.6 Å². The highest BCUT2D eigenvalue weighted by Gasteiger charge is 2.45. The van der Waals surface area contributed by atoms with Crippen molar-refractivity contribution in [3.8, 4) is 11.1 Å². The van der Waals surface area contributed by atoms with Gasteiger partial charge in [0.15, 0.2) is 5.82 Å². The number of fused-ring (bicyclic) bond motifs is 1. The molecule has 1 atom stereocenters. The van der Waals surface area contributed by atoms with Crippen LogP contribution in [0.3, 0.4) is 0 Å². The van der Waals surface area contributed by atoms with Crippen LogP contribution in [0.4, 0.5) is 5.82 Å². The number of halogens is 1. The van der Waals surface area contributed by atoms with Crippen molar-refractivity contribution in [3.05, 3.63) is 41.2 Å². The Kier molecular flexibility index (Phi) is 7.99. The SMILES string of the molecule is C=CC(=O)N1CCC(n2nc(N3CC[C@@H](CN4CCOC5(COC5)C4)CC3(C)C)c(-c3c(Cl)c(C)cc4[nH]ncc34)c2C)CC1. The molecule has 6 heterocycles. The molecule has 2 aromatic heterocycles. The van der Waals surface area contributed by atoms with Crippen LogP contribution >= 0.6 is 11.6 Å². The molecule has 4 aliphatic heterocycles. The third-order valence-electron chi connectivity index (χ3n) is 10.7. The lowest BCUT2D eigenvalue weighted by Gasteiger charge is -2.50. The molecule has 4 aliphatic rings. The molecule has 0 unspecified atom stereocenters. The van der Waals surface area contributed by atoms with Crippen molar-refractivity contribution in [3.63, 3.8) is 0 Å². The van der Waals surface area contributed by atoms with Gasteiger partial charge in [0.2, 0.25) is 5.91 Å². The molecular weight excluding hydrogens is 590 g/mol. The number of rotatable bonds is 6. The lowest BCUT2D eigenvalue weighted by Crippen LogP contribution is -2.63. The number of piperidine rings is 2. The molecule has 3 aromatic rings. The predicted molar refractivity (Wildman–Crippen MR) is 177 cm³/mol. The number of hydrogen-bond donors (Lipinski definition) is 1. The molecule has 0 bridgehead atoms. The van der Waals surface area contributed by atoms with Crippen molar-refractivity contribution in [2.75, 3.05) is 64.0 Å². The molecule has 11 heteroatoms. The minimum Gasteiger partial charge on any atom is -0.375 e. The average molecular weight is 636 g/mol. The van der Waals surface area contributed by atoms with E-state index in [1.807, 2.05) is 11.1 Å². The summed E-state index contributed by atoms with van der Waals surface area (Å²) in [6, 6.07) is 2.26. The van der Waals surface area contributed by atoms with E-state index in [1.54, 1.807) is 0 Å². The number of likely N-dealkylation sites (tertiary alicyclic amines) is 1. The van der Waals surface area contributed by atoms with Crippen LogP contribution in [0.2, 0.25) is 5.02 Å². The Morgan fingerprint density at radius 1 is 1.16 bits per heavy atom. The fourth-order valence-corrected chi connectivity index (χ4v) is 8.53. The van der Waals surface area contributed by atoms with Crippen molar-refractivity contribution in [1.82, 2.24) is 29.8 Å². The van der Waals surface area contributed by atoms with Crippen molar-refractivity contribution in [1.29, 1.82) is 0 Å². The first-order valence-electron chi connectivity index (χ1n) is 16.4. The third kappa shape index (κ3) is 5.47. The third-order valence-corrected chi connectivity index (χ3v) is 11.1. The van der Waals surface area contributed by atoms with E-state index in [-0.39, 0.29) is 23.1 Å². The first-order valence-corrected chi connectivity index (χ1v) is 16.8. The molecule has 4 fully saturated rings. The van der Waals surface area contributed by atoms with Crippen LogP contribution in [-0.4, -0.2) is 106 Å². The van der Waals surface area contributed by atoms with Gasteiger partial charge >= 0.3 is 0 Å². The summed E-state index contributed by atoms with van der Waals surface area (Å²) in [5.41, 5.74) is 4.97. The number of amides is 1. The predicted octanol–water partition coefficient (Wildman–Crippen LogP) is 5.14. The highest BCUT2D eigenvalue weighted by atomic mass is 35.5. The second kappa shape index (κ2) is 11.7. The standard InChI is InChI=1S/C34H46ClN7O3/c1-6-28(43)40-10-8-25(9-11-40)42-23(3)29(30-26-17-36-37-27(26)15-22(2)31(30)35)32(38-42)41-12-7-24(16-33(41,4)5)18-39-13-14-45-34(19-39)20-44-21-34/h6,15,17,24-25H,1,7-14,16,18-21H2,2-5H3,(H,36,37)/t24-/m1/s1. The summed E-state index contributed by atoms with van der Waals surface area (Å²) in [5, 5.41) is 14.8. The molecule has 4 saturated heterocycles. The van der Waals surface area contributed by atoms with Crippen molar-refractivity contribution in [2.24, 2.45) is 5.92 Å². The van der Waals surface area contributed by atoms with Crippen molar-refractivity contribution >= 4 is 34.2 Å². The maximum Gasteiger partial charge on any atom is 0.245 e. The maximum atomic E-state index is 12.3. The number of nitrogens with one attached hydrogen (secondary N) is 1. The monoisotopic (exact) mass is 635 g/mol. The number of nitrogens with zero attached hydrogens (tertiary/aromatic N) is 6. The highest BCUT2D eigenvalue weighted by molar-refractivity contribution is 6.36. The first kappa shape index (κ1) is 30.7. The number of anilines is 1. The number of carbonyl (C=O) groups excluding carboxylic acids is 1. The van der Waals surface area contributed by atoms with Crippen LogP contribution in [0.15, 0.2) is 24.9 Å². The second-order valence-electron chi connectivity index (χ2n) is 14.3. The van der Waals surface area contributed by atoms with Crippen LogP contribution in [0, 0.1) is 19.8 Å². The normalized spacial score (nSPS) is 23.9. The van der Waals surface area contributed by atoms with Crippen LogP contribution in [-0.2, 0) is 14.3 Å². The molecule has 242 valence electrons. The Hall–Kier alpha value is -2.92. The minimum atomic E-state index is -0.113. The van der Waals surface area contributed by atoms with E-state index in [9.17, 15) is 4.79 Å². The molecule has 1 N–H and O–H groups in total. The Labute approximate surface area is 270 Å². The Bertz CT molecular complexity index is 1600. The minimum absolute atomic E-state index is 0.00111. The van der Waals surface area contributed by atoms with Crippen molar-refractivity contribution < 1.29 is 14.3 Å². The van der Waals surface area contributed by atoms with Crippen LogP contribution in [0.5, 0.6) is 0 Å². The number of morpholine rings is 1. The number of hydrogen-bond acceptors (Lipinski definition) is 7. The number of ether oxygens (including phenoxy) is 2. The van der Waals surface area contributed by atoms with Gasteiger partial charge in [-0.3, -0.25) is 19.5 Å². The van der Waals surface area contributed by atoms with Gasteiger partial charge in [-0.2, -0.15) is 10.2 Å². The van der Waals surface area contributed by atoms with E-state index >= 15 is 0 Å². The topological polar surface area (TPSA) is 91.8 Å². The number of H-pyrrole nitrogens is 1. The zero-order valence-corrected chi connectivity index (χ0v) is 27.8. The second-order valence-corrected chi connectivity index (χ2v) is 14.7. The molecule has 1 aromatic carbocycles. The Morgan fingerprint density at radius 3 is 2.62 bits per heavy atom. The van der Waals surface area contributed by atoms with E-state index in [0.29, 0.717) is 32.2 Å². The van der Waals surface area contributed by atoms with Crippen LogP contribution in [0.1, 0.15) is 56.8 Å². The van der Waals surface area contributed by atoms with E-state index in [1.165, 1.54) is 6.08 Å². The Morgan fingerprint density at radius 2 is 1.93 bits per heavy atom. The number of aromatic nitrogens is 4. The quantitative estimate of drug-likeness (QED) is 0.375. The summed E-state index contributed by atoms with van der Waals surface area (Å²) < 4.78 is 13.8. The van der Waals surface area contributed by atoms with Gasteiger partial charge in [0.25, 0.3) is 0 Å². The zero-order valence-electron chi connectivity index (χ0n) is 27.1. The fraction of sp³-hybridized carbons (Fsp3) is 0.618. The number of aromatic amines is 1. The largest absolute Gasteiger partial charge is 0.375 e. The summed E-state index contributed by atoms with van der Waals surface area (Å²) in [5.74, 6) is 1.58. The molecule has 1 amide bonds. The first-order chi connectivity index (χ1) is 21.6. The van der Waals surface area contributed by atoms with Gasteiger partial charge in [-0.15, -0.1) is 0 Å². The van der Waals surface area contributed by atoms with Gasteiger partial charge in [-0.1, -0.05) is 18.2 Å². The maximum absolute atomic E-state index is 12.3.